The lowest BCUT2D eigenvalue weighted by Crippen LogP contribution is -2.22. The maximum absolute atomic E-state index is 3.74. The number of rotatable bonds is 2. The quantitative estimate of drug-likeness (QED) is 0.548. The third kappa shape index (κ3) is 4.24. The van der Waals surface area contributed by atoms with Crippen molar-refractivity contribution < 1.29 is 0 Å². The maximum atomic E-state index is 3.74. The molecule has 1 aliphatic rings. The van der Waals surface area contributed by atoms with E-state index in [-0.39, 0.29) is 0 Å². The van der Waals surface area contributed by atoms with Crippen LogP contribution in [0, 0.1) is 11.3 Å². The highest BCUT2D eigenvalue weighted by molar-refractivity contribution is 9.11. The molecule has 0 saturated heterocycles. The van der Waals surface area contributed by atoms with Crippen molar-refractivity contribution in [2.45, 2.75) is 58.9 Å². The van der Waals surface area contributed by atoms with Crippen LogP contribution in [0.1, 0.15) is 52.9 Å². The van der Waals surface area contributed by atoms with Gasteiger partial charge in [0.15, 0.2) is 0 Å². The molecule has 1 aromatic carbocycles. The molecule has 1 aliphatic carbocycles. The second-order valence-electron chi connectivity index (χ2n) is 7.01. The average molecular weight is 403 g/mol. The first-order chi connectivity index (χ1) is 9.38. The maximum Gasteiger partial charge on any atom is 0.0631 e. The van der Waals surface area contributed by atoms with Crippen molar-refractivity contribution in [2.24, 2.45) is 11.3 Å². The Morgan fingerprint density at radius 3 is 2.25 bits per heavy atom. The smallest absolute Gasteiger partial charge is 0.0631 e. The van der Waals surface area contributed by atoms with E-state index in [2.05, 4.69) is 76.1 Å². The first kappa shape index (κ1) is 16.4. The molecule has 2 rings (SSSR count). The third-order valence-electron chi connectivity index (χ3n) is 4.50. The number of anilines is 1. The minimum atomic E-state index is 0.447. The van der Waals surface area contributed by atoms with Crippen LogP contribution in [0.15, 0.2) is 27.1 Å². The van der Waals surface area contributed by atoms with Gasteiger partial charge in [-0.25, -0.2) is 0 Å². The fraction of sp³-hybridized carbons (Fsp3) is 0.647. The van der Waals surface area contributed by atoms with Gasteiger partial charge in [-0.15, -0.1) is 0 Å². The van der Waals surface area contributed by atoms with Gasteiger partial charge in [0.1, 0.15) is 0 Å². The monoisotopic (exact) mass is 401 g/mol. The van der Waals surface area contributed by atoms with E-state index >= 15 is 0 Å². The van der Waals surface area contributed by atoms with E-state index < -0.39 is 0 Å². The van der Waals surface area contributed by atoms with Crippen LogP contribution in [-0.4, -0.2) is 6.04 Å². The van der Waals surface area contributed by atoms with Crippen LogP contribution < -0.4 is 5.32 Å². The Morgan fingerprint density at radius 2 is 1.65 bits per heavy atom. The molecule has 0 radical (unpaired) electrons. The summed E-state index contributed by atoms with van der Waals surface area (Å²) in [6.45, 7) is 7.15. The Kier molecular flexibility index (Phi) is 5.58. The molecule has 0 bridgehead atoms. The van der Waals surface area contributed by atoms with Gasteiger partial charge in [0, 0.05) is 15.0 Å². The Labute approximate surface area is 140 Å². The Bertz CT molecular complexity index is 431. The van der Waals surface area contributed by atoms with Gasteiger partial charge in [0.05, 0.1) is 5.69 Å². The molecule has 2 atom stereocenters. The summed E-state index contributed by atoms with van der Waals surface area (Å²) in [4.78, 5) is 0. The van der Waals surface area contributed by atoms with Gasteiger partial charge in [-0.2, -0.15) is 0 Å². The first-order valence-corrected chi connectivity index (χ1v) is 9.17. The summed E-state index contributed by atoms with van der Waals surface area (Å²) >= 11 is 7.29. The van der Waals surface area contributed by atoms with Crippen molar-refractivity contribution in [3.8, 4) is 0 Å². The van der Waals surface area contributed by atoms with Crippen LogP contribution in [0.4, 0.5) is 5.69 Å². The number of halogens is 2. The number of nitrogens with one attached hydrogen (secondary N) is 1. The summed E-state index contributed by atoms with van der Waals surface area (Å²) in [7, 11) is 0. The SMILES string of the molecule is CC(C)(C)C1CCCC(Nc2c(Br)cccc2Br)CC1. The lowest BCUT2D eigenvalue weighted by atomic mass is 9.76. The van der Waals surface area contributed by atoms with E-state index in [1.807, 2.05) is 0 Å². The zero-order valence-electron chi connectivity index (χ0n) is 12.7. The Morgan fingerprint density at radius 1 is 1.00 bits per heavy atom. The zero-order chi connectivity index (χ0) is 14.8. The molecule has 0 aliphatic heterocycles. The van der Waals surface area contributed by atoms with Gasteiger partial charge in [0.2, 0.25) is 0 Å². The normalized spacial score (nSPS) is 24.2. The molecule has 112 valence electrons. The topological polar surface area (TPSA) is 12.0 Å². The van der Waals surface area contributed by atoms with Crippen molar-refractivity contribution in [2.75, 3.05) is 5.32 Å². The lowest BCUT2D eigenvalue weighted by Gasteiger charge is -2.29. The van der Waals surface area contributed by atoms with E-state index in [0.29, 0.717) is 11.5 Å². The molecule has 0 amide bonds. The van der Waals surface area contributed by atoms with Crippen LogP contribution in [-0.2, 0) is 0 Å². The number of benzene rings is 1. The minimum absolute atomic E-state index is 0.447. The van der Waals surface area contributed by atoms with Gasteiger partial charge in [-0.1, -0.05) is 33.3 Å². The number of hydrogen-bond acceptors (Lipinski definition) is 1. The van der Waals surface area contributed by atoms with Crippen molar-refractivity contribution >= 4 is 37.5 Å². The van der Waals surface area contributed by atoms with Crippen molar-refractivity contribution in [3.05, 3.63) is 27.1 Å². The molecule has 20 heavy (non-hydrogen) atoms. The predicted molar refractivity (Wildman–Crippen MR) is 95.3 cm³/mol. The number of hydrogen-bond donors (Lipinski definition) is 1. The molecule has 0 heterocycles. The van der Waals surface area contributed by atoms with Crippen molar-refractivity contribution in [1.82, 2.24) is 0 Å². The highest BCUT2D eigenvalue weighted by Crippen LogP contribution is 2.38. The van der Waals surface area contributed by atoms with Crippen LogP contribution in [0.25, 0.3) is 0 Å². The van der Waals surface area contributed by atoms with E-state index in [4.69, 9.17) is 0 Å². The van der Waals surface area contributed by atoms with Gasteiger partial charge >= 0.3 is 0 Å². The Balaban J connectivity index is 2.01. The second-order valence-corrected chi connectivity index (χ2v) is 8.72. The van der Waals surface area contributed by atoms with Gasteiger partial charge in [0.25, 0.3) is 0 Å². The van der Waals surface area contributed by atoms with Crippen LogP contribution in [0.3, 0.4) is 0 Å². The van der Waals surface area contributed by atoms with Crippen LogP contribution in [0.5, 0.6) is 0 Å². The predicted octanol–water partition coefficient (Wildman–Crippen LogP) is 6.62. The third-order valence-corrected chi connectivity index (χ3v) is 5.83. The fourth-order valence-corrected chi connectivity index (χ4v) is 4.38. The zero-order valence-corrected chi connectivity index (χ0v) is 15.9. The van der Waals surface area contributed by atoms with E-state index in [0.717, 1.165) is 14.9 Å². The summed E-state index contributed by atoms with van der Waals surface area (Å²) in [5.74, 6) is 0.858. The van der Waals surface area contributed by atoms with E-state index in [1.165, 1.54) is 37.8 Å². The summed E-state index contributed by atoms with van der Waals surface area (Å²) in [6.07, 6.45) is 6.60. The van der Waals surface area contributed by atoms with Gasteiger partial charge in [-0.05, 0) is 81.0 Å². The highest BCUT2D eigenvalue weighted by Gasteiger charge is 2.28. The molecule has 0 spiro atoms. The molecule has 1 saturated carbocycles. The van der Waals surface area contributed by atoms with Crippen molar-refractivity contribution in [3.63, 3.8) is 0 Å². The van der Waals surface area contributed by atoms with Crippen LogP contribution >= 0.6 is 31.9 Å². The summed E-state index contributed by atoms with van der Waals surface area (Å²) in [5, 5.41) is 3.74. The molecular formula is C17H25Br2N. The molecule has 1 aromatic rings. The molecule has 3 heteroatoms. The second kappa shape index (κ2) is 6.83. The first-order valence-electron chi connectivity index (χ1n) is 7.58. The van der Waals surface area contributed by atoms with E-state index in [9.17, 15) is 0 Å². The minimum Gasteiger partial charge on any atom is -0.380 e. The van der Waals surface area contributed by atoms with Crippen molar-refractivity contribution in [1.29, 1.82) is 0 Å². The molecular weight excluding hydrogens is 378 g/mol. The summed E-state index contributed by atoms with van der Waals surface area (Å²) in [6, 6.07) is 6.85. The standard InChI is InChI=1S/C17H25Br2N/c1-17(2,3)12-6-4-7-13(11-10-12)20-16-14(18)8-5-9-15(16)19/h5,8-9,12-13,20H,4,6-7,10-11H2,1-3H3. The van der Waals surface area contributed by atoms with Gasteiger partial charge in [-0.3, -0.25) is 0 Å². The summed E-state index contributed by atoms with van der Waals surface area (Å²) in [5.41, 5.74) is 1.65. The van der Waals surface area contributed by atoms with Crippen LogP contribution in [0.2, 0.25) is 0 Å². The molecule has 2 unspecified atom stereocenters. The number of para-hydroxylation sites is 1. The van der Waals surface area contributed by atoms with E-state index in [1.54, 1.807) is 0 Å². The molecule has 1 nitrogen and oxygen atoms in total. The highest BCUT2D eigenvalue weighted by atomic mass is 79.9. The lowest BCUT2D eigenvalue weighted by molar-refractivity contribution is 0.214. The van der Waals surface area contributed by atoms with Gasteiger partial charge < -0.3 is 5.32 Å². The largest absolute Gasteiger partial charge is 0.380 e. The Hall–Kier alpha value is -0.0200. The fourth-order valence-electron chi connectivity index (χ4n) is 3.15. The molecule has 1 fully saturated rings. The average Bonchev–Trinajstić information content (AvgIpc) is 2.59. The molecule has 0 aromatic heterocycles. The molecule has 1 N–H and O–H groups in total. The summed E-state index contributed by atoms with van der Waals surface area (Å²) < 4.78 is 2.28.